The molecule has 5 heteroatoms. The van der Waals surface area contributed by atoms with E-state index in [9.17, 15) is 4.79 Å². The van der Waals surface area contributed by atoms with Crippen LogP contribution in [0.5, 0.6) is 11.5 Å². The molecule has 0 saturated heterocycles. The van der Waals surface area contributed by atoms with Gasteiger partial charge in [-0.25, -0.2) is 0 Å². The van der Waals surface area contributed by atoms with Crippen molar-refractivity contribution in [1.82, 2.24) is 0 Å². The van der Waals surface area contributed by atoms with Gasteiger partial charge in [-0.05, 0) is 48.9 Å². The third-order valence-corrected chi connectivity index (χ3v) is 3.50. The lowest BCUT2D eigenvalue weighted by Gasteiger charge is -2.10. The van der Waals surface area contributed by atoms with Crippen LogP contribution in [0.15, 0.2) is 36.4 Å². The molecule has 0 aliphatic rings. The summed E-state index contributed by atoms with van der Waals surface area (Å²) in [6, 6.07) is 10.4. The van der Waals surface area contributed by atoms with Gasteiger partial charge in [0, 0.05) is 10.0 Å². The summed E-state index contributed by atoms with van der Waals surface area (Å²) in [5.74, 6) is 1.22. The predicted octanol–water partition coefficient (Wildman–Crippen LogP) is 4.57. The first-order valence-corrected chi connectivity index (χ1v) is 7.12. The predicted molar refractivity (Wildman–Crippen MR) is 84.0 cm³/mol. The minimum atomic E-state index is 0.324. The first-order chi connectivity index (χ1) is 10.1. The fraction of sp³-hybridized carbons (Fsp3) is 0.188. The summed E-state index contributed by atoms with van der Waals surface area (Å²) in [5.41, 5.74) is 1.38. The van der Waals surface area contributed by atoms with Crippen molar-refractivity contribution in [2.24, 2.45) is 0 Å². The van der Waals surface area contributed by atoms with E-state index >= 15 is 0 Å². The van der Waals surface area contributed by atoms with E-state index in [1.54, 1.807) is 30.3 Å². The Balaban J connectivity index is 1.87. The molecule has 0 bridgehead atoms. The number of halogens is 2. The molecule has 0 amide bonds. The molecule has 0 saturated carbocycles. The van der Waals surface area contributed by atoms with Crippen molar-refractivity contribution in [2.45, 2.75) is 6.92 Å². The molecule has 0 N–H and O–H groups in total. The highest BCUT2D eigenvalue weighted by atomic mass is 35.5. The van der Waals surface area contributed by atoms with Crippen LogP contribution < -0.4 is 9.47 Å². The van der Waals surface area contributed by atoms with E-state index in [-0.39, 0.29) is 0 Å². The summed E-state index contributed by atoms with van der Waals surface area (Å²) < 4.78 is 11.1. The van der Waals surface area contributed by atoms with Gasteiger partial charge in [0.05, 0.1) is 5.56 Å². The molecule has 3 nitrogen and oxygen atoms in total. The Labute approximate surface area is 133 Å². The second kappa shape index (κ2) is 7.34. The number of carbonyl (C=O) groups excluding carboxylic acids is 1. The Kier molecular flexibility index (Phi) is 5.48. The molecule has 2 aromatic rings. The van der Waals surface area contributed by atoms with E-state index in [0.29, 0.717) is 40.9 Å². The molecule has 0 spiro atoms. The first-order valence-electron chi connectivity index (χ1n) is 6.36. The summed E-state index contributed by atoms with van der Waals surface area (Å²) >= 11 is 11.8. The zero-order valence-corrected chi connectivity index (χ0v) is 12.9. The van der Waals surface area contributed by atoms with E-state index in [4.69, 9.17) is 32.7 Å². The van der Waals surface area contributed by atoms with Crippen molar-refractivity contribution in [3.8, 4) is 11.5 Å². The normalized spacial score (nSPS) is 10.2. The maximum atomic E-state index is 10.9. The number of carbonyl (C=O) groups is 1. The third kappa shape index (κ3) is 4.38. The number of aldehydes is 1. The largest absolute Gasteiger partial charge is 0.490 e. The summed E-state index contributed by atoms with van der Waals surface area (Å²) in [5, 5.41) is 1.20. The smallest absolute Gasteiger partial charge is 0.153 e. The summed E-state index contributed by atoms with van der Waals surface area (Å²) in [7, 11) is 0. The topological polar surface area (TPSA) is 35.5 Å². The molecule has 2 aromatic carbocycles. The van der Waals surface area contributed by atoms with E-state index < -0.39 is 0 Å². The SMILES string of the molecule is Cc1cc(OCCOc2ccc(Cl)cc2C=O)ccc1Cl. The van der Waals surface area contributed by atoms with Crippen LogP contribution in [0.4, 0.5) is 0 Å². The summed E-state index contributed by atoms with van der Waals surface area (Å²) in [6.07, 6.45) is 0.713. The molecular formula is C16H14Cl2O3. The van der Waals surface area contributed by atoms with Gasteiger partial charge in [-0.2, -0.15) is 0 Å². The fourth-order valence-electron chi connectivity index (χ4n) is 1.76. The molecule has 110 valence electrons. The van der Waals surface area contributed by atoms with Gasteiger partial charge in [0.2, 0.25) is 0 Å². The lowest BCUT2D eigenvalue weighted by Crippen LogP contribution is -2.10. The van der Waals surface area contributed by atoms with Gasteiger partial charge in [-0.3, -0.25) is 4.79 Å². The second-order valence-electron chi connectivity index (χ2n) is 4.41. The number of hydrogen-bond acceptors (Lipinski definition) is 3. The number of benzene rings is 2. The van der Waals surface area contributed by atoms with Crippen LogP contribution in [-0.4, -0.2) is 19.5 Å². The highest BCUT2D eigenvalue weighted by Gasteiger charge is 2.04. The lowest BCUT2D eigenvalue weighted by molar-refractivity contribution is 0.111. The molecule has 0 unspecified atom stereocenters. The van der Waals surface area contributed by atoms with Crippen LogP contribution in [0.2, 0.25) is 10.0 Å². The third-order valence-electron chi connectivity index (χ3n) is 2.84. The van der Waals surface area contributed by atoms with Crippen LogP contribution in [-0.2, 0) is 0 Å². The summed E-state index contributed by atoms with van der Waals surface area (Å²) in [4.78, 5) is 10.9. The molecule has 0 heterocycles. The Morgan fingerprint density at radius 3 is 2.52 bits per heavy atom. The standard InChI is InChI=1S/C16H14Cl2O3/c1-11-8-14(3-4-15(11)18)20-6-7-21-16-5-2-13(17)9-12(16)10-19/h2-5,8-10H,6-7H2,1H3. The van der Waals surface area contributed by atoms with E-state index in [0.717, 1.165) is 11.3 Å². The quantitative estimate of drug-likeness (QED) is 0.576. The maximum absolute atomic E-state index is 10.9. The van der Waals surface area contributed by atoms with Gasteiger partial charge >= 0.3 is 0 Å². The van der Waals surface area contributed by atoms with Crippen LogP contribution >= 0.6 is 23.2 Å². The Morgan fingerprint density at radius 2 is 1.81 bits per heavy atom. The molecule has 0 fully saturated rings. The Hall–Kier alpha value is -1.71. The zero-order chi connectivity index (χ0) is 15.2. The van der Waals surface area contributed by atoms with Gasteiger partial charge in [0.15, 0.2) is 6.29 Å². The van der Waals surface area contributed by atoms with Crippen molar-refractivity contribution < 1.29 is 14.3 Å². The first kappa shape index (κ1) is 15.7. The molecule has 0 aliphatic carbocycles. The van der Waals surface area contributed by atoms with Crippen LogP contribution in [0.1, 0.15) is 15.9 Å². The Bertz CT molecular complexity index is 641. The highest BCUT2D eigenvalue weighted by Crippen LogP contribution is 2.22. The summed E-state index contributed by atoms with van der Waals surface area (Å²) in [6.45, 7) is 2.60. The molecule has 0 radical (unpaired) electrons. The van der Waals surface area contributed by atoms with Gasteiger partial charge in [-0.1, -0.05) is 23.2 Å². The second-order valence-corrected chi connectivity index (χ2v) is 5.25. The number of ether oxygens (including phenoxy) is 2. The number of rotatable bonds is 6. The molecule has 21 heavy (non-hydrogen) atoms. The molecule has 2 rings (SSSR count). The van der Waals surface area contributed by atoms with E-state index in [2.05, 4.69) is 0 Å². The monoisotopic (exact) mass is 324 g/mol. The minimum Gasteiger partial charge on any atom is -0.490 e. The average molecular weight is 325 g/mol. The highest BCUT2D eigenvalue weighted by molar-refractivity contribution is 6.31. The number of hydrogen-bond donors (Lipinski definition) is 0. The molecular weight excluding hydrogens is 311 g/mol. The van der Waals surface area contributed by atoms with Crippen molar-refractivity contribution in [1.29, 1.82) is 0 Å². The van der Waals surface area contributed by atoms with Gasteiger partial charge < -0.3 is 9.47 Å². The maximum Gasteiger partial charge on any atom is 0.153 e. The van der Waals surface area contributed by atoms with Crippen LogP contribution in [0, 0.1) is 6.92 Å². The van der Waals surface area contributed by atoms with E-state index in [1.165, 1.54) is 0 Å². The Morgan fingerprint density at radius 1 is 1.05 bits per heavy atom. The zero-order valence-electron chi connectivity index (χ0n) is 11.4. The molecule has 0 aliphatic heterocycles. The fourth-order valence-corrected chi connectivity index (χ4v) is 2.06. The lowest BCUT2D eigenvalue weighted by atomic mass is 10.2. The van der Waals surface area contributed by atoms with Crippen molar-refractivity contribution in [2.75, 3.05) is 13.2 Å². The van der Waals surface area contributed by atoms with Crippen molar-refractivity contribution >= 4 is 29.5 Å². The minimum absolute atomic E-state index is 0.324. The average Bonchev–Trinajstić information content (AvgIpc) is 2.48. The van der Waals surface area contributed by atoms with Gasteiger partial charge in [0.1, 0.15) is 24.7 Å². The van der Waals surface area contributed by atoms with Gasteiger partial charge in [-0.15, -0.1) is 0 Å². The van der Waals surface area contributed by atoms with Crippen molar-refractivity contribution in [3.05, 3.63) is 57.6 Å². The van der Waals surface area contributed by atoms with E-state index in [1.807, 2.05) is 13.0 Å². The van der Waals surface area contributed by atoms with Crippen molar-refractivity contribution in [3.63, 3.8) is 0 Å². The molecule has 0 atom stereocenters. The number of aryl methyl sites for hydroxylation is 1. The van der Waals surface area contributed by atoms with Crippen LogP contribution in [0.3, 0.4) is 0 Å². The molecule has 0 aromatic heterocycles. The van der Waals surface area contributed by atoms with Gasteiger partial charge in [0.25, 0.3) is 0 Å². The van der Waals surface area contributed by atoms with Crippen LogP contribution in [0.25, 0.3) is 0 Å².